The van der Waals surface area contributed by atoms with Crippen LogP contribution in [0.4, 0.5) is 0 Å². The summed E-state index contributed by atoms with van der Waals surface area (Å²) >= 11 is 0. The summed E-state index contributed by atoms with van der Waals surface area (Å²) in [6.45, 7) is 6.83. The maximum Gasteiger partial charge on any atom is 0.248 e. The van der Waals surface area contributed by atoms with Gasteiger partial charge >= 0.3 is 0 Å². The molecule has 1 saturated heterocycles. The van der Waals surface area contributed by atoms with Gasteiger partial charge in [-0.1, -0.05) is 42.5 Å². The molecule has 1 unspecified atom stereocenters. The number of rotatable bonds is 7. The van der Waals surface area contributed by atoms with Crippen LogP contribution in [-0.4, -0.2) is 60.0 Å². The SMILES string of the molecule is COCCN(C=O)C1C(=O)N(C(C)(C)C)[C@@H]1/C=C/c1ccccc1. The lowest BCUT2D eigenvalue weighted by Gasteiger charge is -2.55. The third kappa shape index (κ3) is 3.85. The molecule has 0 bridgehead atoms. The lowest BCUT2D eigenvalue weighted by molar-refractivity contribution is -0.167. The summed E-state index contributed by atoms with van der Waals surface area (Å²) in [7, 11) is 1.58. The van der Waals surface area contributed by atoms with Gasteiger partial charge < -0.3 is 14.5 Å². The highest BCUT2D eigenvalue weighted by Crippen LogP contribution is 2.33. The van der Waals surface area contributed by atoms with E-state index in [9.17, 15) is 9.59 Å². The van der Waals surface area contributed by atoms with Crippen LogP contribution in [-0.2, 0) is 14.3 Å². The van der Waals surface area contributed by atoms with Crippen molar-refractivity contribution in [3.05, 3.63) is 42.0 Å². The largest absolute Gasteiger partial charge is 0.383 e. The number of nitrogens with zero attached hydrogens (tertiary/aromatic N) is 2. The number of hydrogen-bond donors (Lipinski definition) is 0. The lowest BCUT2D eigenvalue weighted by Crippen LogP contribution is -2.74. The van der Waals surface area contributed by atoms with E-state index < -0.39 is 6.04 Å². The van der Waals surface area contributed by atoms with E-state index in [4.69, 9.17) is 4.74 Å². The van der Waals surface area contributed by atoms with Crippen LogP contribution in [0.25, 0.3) is 6.08 Å². The third-order valence-corrected chi connectivity index (χ3v) is 4.17. The molecule has 1 aromatic rings. The Labute approximate surface area is 143 Å². The first-order valence-electron chi connectivity index (χ1n) is 8.16. The molecule has 0 saturated carbocycles. The molecule has 0 aliphatic carbocycles. The van der Waals surface area contributed by atoms with E-state index in [1.807, 2.05) is 68.2 Å². The van der Waals surface area contributed by atoms with E-state index in [1.165, 1.54) is 4.90 Å². The highest BCUT2D eigenvalue weighted by Gasteiger charge is 2.52. The van der Waals surface area contributed by atoms with E-state index in [2.05, 4.69) is 0 Å². The van der Waals surface area contributed by atoms with Crippen molar-refractivity contribution in [3.63, 3.8) is 0 Å². The van der Waals surface area contributed by atoms with Crippen LogP contribution in [0.3, 0.4) is 0 Å². The number of methoxy groups -OCH3 is 1. The van der Waals surface area contributed by atoms with Crippen molar-refractivity contribution < 1.29 is 14.3 Å². The predicted molar refractivity (Wildman–Crippen MR) is 94.3 cm³/mol. The van der Waals surface area contributed by atoms with Gasteiger partial charge in [0.15, 0.2) is 0 Å². The van der Waals surface area contributed by atoms with Gasteiger partial charge in [-0.25, -0.2) is 0 Å². The zero-order valence-electron chi connectivity index (χ0n) is 14.8. The molecule has 2 amide bonds. The van der Waals surface area contributed by atoms with Crippen molar-refractivity contribution in [3.8, 4) is 0 Å². The molecular formula is C19H26N2O3. The average Bonchev–Trinajstić information content (AvgIpc) is 2.54. The number of amides is 2. The van der Waals surface area contributed by atoms with Gasteiger partial charge in [-0.15, -0.1) is 0 Å². The molecule has 5 nitrogen and oxygen atoms in total. The smallest absolute Gasteiger partial charge is 0.248 e. The quantitative estimate of drug-likeness (QED) is 0.569. The molecule has 130 valence electrons. The predicted octanol–water partition coefficient (Wildman–Crippen LogP) is 2.18. The van der Waals surface area contributed by atoms with E-state index in [0.717, 1.165) is 12.0 Å². The molecule has 2 atom stereocenters. The minimum absolute atomic E-state index is 0.0200. The van der Waals surface area contributed by atoms with Crippen LogP contribution in [0.5, 0.6) is 0 Å². The van der Waals surface area contributed by atoms with Crippen molar-refractivity contribution >= 4 is 18.4 Å². The Morgan fingerprint density at radius 1 is 1.25 bits per heavy atom. The molecule has 2 rings (SSSR count). The molecule has 0 N–H and O–H groups in total. The number of carbonyl (C=O) groups is 2. The summed E-state index contributed by atoms with van der Waals surface area (Å²) < 4.78 is 5.04. The second kappa shape index (κ2) is 7.62. The summed E-state index contributed by atoms with van der Waals surface area (Å²) in [5, 5.41) is 0. The molecular weight excluding hydrogens is 304 g/mol. The second-order valence-corrected chi connectivity index (χ2v) is 6.92. The Morgan fingerprint density at radius 2 is 1.92 bits per heavy atom. The Morgan fingerprint density at radius 3 is 2.46 bits per heavy atom. The third-order valence-electron chi connectivity index (χ3n) is 4.17. The molecule has 1 aliphatic heterocycles. The first kappa shape index (κ1) is 18.2. The van der Waals surface area contributed by atoms with Gasteiger partial charge in [0, 0.05) is 19.2 Å². The van der Waals surface area contributed by atoms with Gasteiger partial charge in [0.25, 0.3) is 0 Å². The van der Waals surface area contributed by atoms with Gasteiger partial charge in [-0.3, -0.25) is 9.59 Å². The average molecular weight is 330 g/mol. The maximum atomic E-state index is 12.6. The molecule has 1 aromatic carbocycles. The molecule has 24 heavy (non-hydrogen) atoms. The van der Waals surface area contributed by atoms with Crippen LogP contribution in [0, 0.1) is 0 Å². The standard InChI is InChI=1S/C19H26N2O3/c1-19(2,3)21-16(11-10-15-8-6-5-7-9-15)17(18(21)23)20(14-22)12-13-24-4/h5-11,14,16-17H,12-13H2,1-4H3/b11-10+/t16-,17?/m1/s1. The van der Waals surface area contributed by atoms with E-state index in [0.29, 0.717) is 13.2 Å². The number of β-lactam (4-membered cyclic amide) rings is 1. The maximum absolute atomic E-state index is 12.6. The first-order valence-corrected chi connectivity index (χ1v) is 8.16. The summed E-state index contributed by atoms with van der Waals surface area (Å²) in [4.78, 5) is 27.5. The van der Waals surface area contributed by atoms with Crippen molar-refractivity contribution in [2.45, 2.75) is 38.4 Å². The van der Waals surface area contributed by atoms with Crippen molar-refractivity contribution in [1.82, 2.24) is 9.80 Å². The Kier molecular flexibility index (Phi) is 5.78. The Bertz CT molecular complexity index is 592. The minimum Gasteiger partial charge on any atom is -0.383 e. The molecule has 1 aliphatic rings. The summed E-state index contributed by atoms with van der Waals surface area (Å²) in [5.74, 6) is -0.0200. The van der Waals surface area contributed by atoms with E-state index in [-0.39, 0.29) is 17.5 Å². The summed E-state index contributed by atoms with van der Waals surface area (Å²) in [6.07, 6.45) is 4.75. The molecule has 1 heterocycles. The first-order chi connectivity index (χ1) is 11.4. The van der Waals surface area contributed by atoms with Gasteiger partial charge in [0.1, 0.15) is 6.04 Å². The van der Waals surface area contributed by atoms with E-state index >= 15 is 0 Å². The summed E-state index contributed by atoms with van der Waals surface area (Å²) in [6, 6.07) is 9.33. The molecule has 1 fully saturated rings. The van der Waals surface area contributed by atoms with Crippen LogP contribution in [0.15, 0.2) is 36.4 Å². The number of ether oxygens (including phenoxy) is 1. The van der Waals surface area contributed by atoms with Crippen molar-refractivity contribution in [1.29, 1.82) is 0 Å². The van der Waals surface area contributed by atoms with Crippen LogP contribution >= 0.6 is 0 Å². The highest BCUT2D eigenvalue weighted by molar-refractivity contribution is 5.92. The van der Waals surface area contributed by atoms with Crippen LogP contribution in [0.2, 0.25) is 0 Å². The van der Waals surface area contributed by atoms with Crippen molar-refractivity contribution in [2.24, 2.45) is 0 Å². The Balaban J connectivity index is 2.24. The second-order valence-electron chi connectivity index (χ2n) is 6.92. The van der Waals surface area contributed by atoms with Crippen LogP contribution < -0.4 is 0 Å². The fraction of sp³-hybridized carbons (Fsp3) is 0.474. The molecule has 0 spiro atoms. The Hall–Kier alpha value is -2.14. The topological polar surface area (TPSA) is 49.9 Å². The monoisotopic (exact) mass is 330 g/mol. The number of carbonyl (C=O) groups excluding carboxylic acids is 2. The fourth-order valence-electron chi connectivity index (χ4n) is 3.03. The zero-order chi connectivity index (χ0) is 17.7. The zero-order valence-corrected chi connectivity index (χ0v) is 14.8. The number of hydrogen-bond acceptors (Lipinski definition) is 3. The van der Waals surface area contributed by atoms with Gasteiger partial charge in [-0.05, 0) is 26.3 Å². The van der Waals surface area contributed by atoms with E-state index in [1.54, 1.807) is 7.11 Å². The molecule has 0 aromatic heterocycles. The number of benzene rings is 1. The number of likely N-dealkylation sites (tertiary alicyclic amines) is 1. The normalized spacial score (nSPS) is 21.0. The molecule has 0 radical (unpaired) electrons. The summed E-state index contributed by atoms with van der Waals surface area (Å²) in [5.41, 5.74) is 0.772. The van der Waals surface area contributed by atoms with Crippen molar-refractivity contribution in [2.75, 3.05) is 20.3 Å². The minimum atomic E-state index is -0.461. The van der Waals surface area contributed by atoms with Gasteiger partial charge in [0.2, 0.25) is 12.3 Å². The van der Waals surface area contributed by atoms with Crippen LogP contribution in [0.1, 0.15) is 26.3 Å². The lowest BCUT2D eigenvalue weighted by atomic mass is 9.86. The molecule has 5 heteroatoms. The van der Waals surface area contributed by atoms with Gasteiger partial charge in [0.05, 0.1) is 12.6 Å². The highest BCUT2D eigenvalue weighted by atomic mass is 16.5. The fourth-order valence-corrected chi connectivity index (χ4v) is 3.03. The van der Waals surface area contributed by atoms with Gasteiger partial charge in [-0.2, -0.15) is 0 Å².